The lowest BCUT2D eigenvalue weighted by Gasteiger charge is -2.27. The number of rotatable bonds is 3. The van der Waals surface area contributed by atoms with Gasteiger partial charge in [0.25, 0.3) is 0 Å². The summed E-state index contributed by atoms with van der Waals surface area (Å²) in [5, 5.41) is 10.1. The fraction of sp³-hybridized carbons (Fsp3) is 0.917. The van der Waals surface area contributed by atoms with E-state index in [0.717, 1.165) is 38.5 Å². The minimum atomic E-state index is -0.568. The topological polar surface area (TPSA) is 46.5 Å². The van der Waals surface area contributed by atoms with Crippen LogP contribution in [-0.2, 0) is 9.53 Å². The number of Topliss-reactive ketones (excluding diaryl/α,β-unsaturated/α-hetero) is 1. The largest absolute Gasteiger partial charge is 0.387 e. The van der Waals surface area contributed by atoms with E-state index in [1.54, 1.807) is 0 Å². The number of ether oxygens (including phenoxy) is 1. The average Bonchev–Trinajstić information content (AvgIpc) is 2.65. The maximum Gasteiger partial charge on any atom is 0.133 e. The van der Waals surface area contributed by atoms with Crippen molar-refractivity contribution in [1.29, 1.82) is 0 Å². The van der Waals surface area contributed by atoms with Crippen LogP contribution in [0, 0.1) is 0 Å². The van der Waals surface area contributed by atoms with Crippen molar-refractivity contribution in [3.63, 3.8) is 0 Å². The molecule has 0 bridgehead atoms. The third kappa shape index (κ3) is 3.02. The van der Waals surface area contributed by atoms with Crippen LogP contribution in [0.15, 0.2) is 0 Å². The Kier molecular flexibility index (Phi) is 3.42. The third-order valence-corrected chi connectivity index (χ3v) is 3.61. The first kappa shape index (κ1) is 11.1. The number of ketones is 1. The van der Waals surface area contributed by atoms with E-state index < -0.39 is 5.60 Å². The summed E-state index contributed by atoms with van der Waals surface area (Å²) in [7, 11) is 0. The van der Waals surface area contributed by atoms with E-state index in [-0.39, 0.29) is 6.10 Å². The summed E-state index contributed by atoms with van der Waals surface area (Å²) in [5.41, 5.74) is -0.568. The summed E-state index contributed by atoms with van der Waals surface area (Å²) in [6.45, 7) is 0.464. The van der Waals surface area contributed by atoms with E-state index >= 15 is 0 Å². The lowest BCUT2D eigenvalue weighted by atomic mass is 9.96. The highest BCUT2D eigenvalue weighted by Gasteiger charge is 2.32. The van der Waals surface area contributed by atoms with Crippen LogP contribution in [0.25, 0.3) is 0 Å². The van der Waals surface area contributed by atoms with Gasteiger partial charge in [0.05, 0.1) is 18.3 Å². The molecule has 0 aromatic carbocycles. The summed E-state index contributed by atoms with van der Waals surface area (Å²) in [6, 6.07) is 0. The highest BCUT2D eigenvalue weighted by atomic mass is 16.5. The molecule has 0 radical (unpaired) electrons. The quantitative estimate of drug-likeness (QED) is 0.776. The van der Waals surface area contributed by atoms with Crippen LogP contribution in [0.5, 0.6) is 0 Å². The van der Waals surface area contributed by atoms with Gasteiger partial charge in [-0.3, -0.25) is 4.79 Å². The molecule has 15 heavy (non-hydrogen) atoms. The van der Waals surface area contributed by atoms with Crippen LogP contribution >= 0.6 is 0 Å². The Balaban J connectivity index is 1.71. The second-order valence-electron chi connectivity index (χ2n) is 4.98. The Hall–Kier alpha value is -0.410. The number of hydrogen-bond donors (Lipinski definition) is 1. The fourth-order valence-electron chi connectivity index (χ4n) is 2.53. The van der Waals surface area contributed by atoms with Gasteiger partial charge in [0.2, 0.25) is 0 Å². The number of hydrogen-bond acceptors (Lipinski definition) is 3. The Morgan fingerprint density at radius 2 is 1.87 bits per heavy atom. The summed E-state index contributed by atoms with van der Waals surface area (Å²) < 4.78 is 5.72. The lowest BCUT2D eigenvalue weighted by Crippen LogP contribution is -2.34. The monoisotopic (exact) mass is 212 g/mol. The van der Waals surface area contributed by atoms with Gasteiger partial charge in [-0.05, 0) is 25.7 Å². The second-order valence-corrected chi connectivity index (χ2v) is 4.98. The molecule has 2 aliphatic rings. The van der Waals surface area contributed by atoms with Crippen LogP contribution in [0.2, 0.25) is 0 Å². The van der Waals surface area contributed by atoms with Gasteiger partial charge in [0.1, 0.15) is 5.78 Å². The van der Waals surface area contributed by atoms with Crippen molar-refractivity contribution >= 4 is 5.78 Å². The van der Waals surface area contributed by atoms with Gasteiger partial charge in [0, 0.05) is 12.8 Å². The zero-order chi connectivity index (χ0) is 10.7. The summed E-state index contributed by atoms with van der Waals surface area (Å²) in [4.78, 5) is 11.0. The Labute approximate surface area is 90.8 Å². The van der Waals surface area contributed by atoms with Crippen LogP contribution in [0.1, 0.15) is 51.4 Å². The van der Waals surface area contributed by atoms with Crippen LogP contribution in [0.4, 0.5) is 0 Å². The molecule has 2 aliphatic carbocycles. The smallest absolute Gasteiger partial charge is 0.133 e. The SMILES string of the molecule is O=C1CCC(OCC2(O)CCCC2)CC1. The molecule has 0 atom stereocenters. The van der Waals surface area contributed by atoms with Crippen molar-refractivity contribution in [3.8, 4) is 0 Å². The standard InChI is InChI=1S/C12H20O3/c13-10-3-5-11(6-4-10)15-9-12(14)7-1-2-8-12/h11,14H,1-9H2. The molecule has 0 unspecified atom stereocenters. The Morgan fingerprint density at radius 3 is 2.47 bits per heavy atom. The molecule has 0 aromatic rings. The molecule has 0 aromatic heterocycles. The molecule has 3 nitrogen and oxygen atoms in total. The minimum Gasteiger partial charge on any atom is -0.387 e. The van der Waals surface area contributed by atoms with Crippen LogP contribution < -0.4 is 0 Å². The molecule has 0 amide bonds. The number of aliphatic hydroxyl groups is 1. The highest BCUT2D eigenvalue weighted by Crippen LogP contribution is 2.30. The highest BCUT2D eigenvalue weighted by molar-refractivity contribution is 5.79. The van der Waals surface area contributed by atoms with Crippen LogP contribution in [-0.4, -0.2) is 29.2 Å². The van der Waals surface area contributed by atoms with Gasteiger partial charge >= 0.3 is 0 Å². The molecule has 3 heteroatoms. The van der Waals surface area contributed by atoms with Crippen molar-refractivity contribution in [2.75, 3.05) is 6.61 Å². The van der Waals surface area contributed by atoms with Crippen LogP contribution in [0.3, 0.4) is 0 Å². The zero-order valence-corrected chi connectivity index (χ0v) is 9.21. The van der Waals surface area contributed by atoms with Gasteiger partial charge in [-0.2, -0.15) is 0 Å². The first-order valence-corrected chi connectivity index (χ1v) is 6.04. The molecule has 0 saturated heterocycles. The molecule has 2 fully saturated rings. The van der Waals surface area contributed by atoms with Crippen molar-refractivity contribution < 1.29 is 14.6 Å². The third-order valence-electron chi connectivity index (χ3n) is 3.61. The van der Waals surface area contributed by atoms with Gasteiger partial charge in [-0.1, -0.05) is 12.8 Å². The average molecular weight is 212 g/mol. The predicted molar refractivity (Wildman–Crippen MR) is 56.6 cm³/mol. The summed E-state index contributed by atoms with van der Waals surface area (Å²) in [6.07, 6.45) is 7.17. The first-order chi connectivity index (χ1) is 7.18. The lowest BCUT2D eigenvalue weighted by molar-refractivity contribution is -0.125. The molecular weight excluding hydrogens is 192 g/mol. The summed E-state index contributed by atoms with van der Waals surface area (Å²) in [5.74, 6) is 0.356. The number of carbonyl (C=O) groups is 1. The van der Waals surface area contributed by atoms with Gasteiger partial charge < -0.3 is 9.84 Å². The van der Waals surface area contributed by atoms with Gasteiger partial charge in [-0.15, -0.1) is 0 Å². The predicted octanol–water partition coefficient (Wildman–Crippen LogP) is 1.82. The van der Waals surface area contributed by atoms with E-state index in [2.05, 4.69) is 0 Å². The molecular formula is C12H20O3. The van der Waals surface area contributed by atoms with Crippen molar-refractivity contribution in [2.24, 2.45) is 0 Å². The molecule has 2 saturated carbocycles. The Bertz CT molecular complexity index is 221. The fourth-order valence-corrected chi connectivity index (χ4v) is 2.53. The van der Waals surface area contributed by atoms with Crippen molar-refractivity contribution in [2.45, 2.75) is 63.1 Å². The molecule has 0 spiro atoms. The molecule has 0 aliphatic heterocycles. The molecule has 86 valence electrons. The normalized spacial score (nSPS) is 27.1. The molecule has 1 N–H and O–H groups in total. The Morgan fingerprint density at radius 1 is 1.27 bits per heavy atom. The van der Waals surface area contributed by atoms with E-state index in [1.807, 2.05) is 0 Å². The van der Waals surface area contributed by atoms with Gasteiger partial charge in [0.15, 0.2) is 0 Å². The second kappa shape index (κ2) is 4.62. The maximum absolute atomic E-state index is 11.0. The van der Waals surface area contributed by atoms with Crippen molar-refractivity contribution in [3.05, 3.63) is 0 Å². The van der Waals surface area contributed by atoms with E-state index in [0.29, 0.717) is 25.2 Å². The van der Waals surface area contributed by atoms with E-state index in [4.69, 9.17) is 4.74 Å². The van der Waals surface area contributed by atoms with Crippen molar-refractivity contribution in [1.82, 2.24) is 0 Å². The molecule has 2 rings (SSSR count). The summed E-state index contributed by atoms with van der Waals surface area (Å²) >= 11 is 0. The zero-order valence-electron chi connectivity index (χ0n) is 9.21. The minimum absolute atomic E-state index is 0.201. The maximum atomic E-state index is 11.0. The van der Waals surface area contributed by atoms with E-state index in [1.165, 1.54) is 0 Å². The number of carbonyl (C=O) groups excluding carboxylic acids is 1. The first-order valence-electron chi connectivity index (χ1n) is 6.04. The van der Waals surface area contributed by atoms with Gasteiger partial charge in [-0.25, -0.2) is 0 Å². The van der Waals surface area contributed by atoms with E-state index in [9.17, 15) is 9.90 Å². The molecule has 0 heterocycles.